The van der Waals surface area contributed by atoms with Gasteiger partial charge in [0, 0.05) is 32.1 Å². The minimum atomic E-state index is -0.365. The van der Waals surface area contributed by atoms with Crippen molar-refractivity contribution in [2.75, 3.05) is 49.1 Å². The molecule has 2 amide bonds. The van der Waals surface area contributed by atoms with Gasteiger partial charge in [0.15, 0.2) is 0 Å². The van der Waals surface area contributed by atoms with Crippen LogP contribution in [-0.4, -0.2) is 72.2 Å². The van der Waals surface area contributed by atoms with Crippen LogP contribution in [0.1, 0.15) is 19.8 Å². The Morgan fingerprint density at radius 3 is 2.64 bits per heavy atom. The van der Waals surface area contributed by atoms with Gasteiger partial charge in [-0.1, -0.05) is 12.2 Å². The van der Waals surface area contributed by atoms with E-state index in [1.54, 1.807) is 18.0 Å². The zero-order valence-corrected chi connectivity index (χ0v) is 16.8. The molecule has 1 aromatic heterocycles. The van der Waals surface area contributed by atoms with Crippen LogP contribution in [0.4, 0.5) is 16.3 Å². The summed E-state index contributed by atoms with van der Waals surface area (Å²) in [6.45, 7) is 5.82. The first kappa shape index (κ1) is 18.9. The number of carbonyl (C=O) groups is 2. The van der Waals surface area contributed by atoms with E-state index in [2.05, 4.69) is 15.2 Å². The summed E-state index contributed by atoms with van der Waals surface area (Å²) in [5.41, 5.74) is 0.720. The minimum Gasteiger partial charge on any atom is -0.442 e. The average molecular weight is 404 g/mol. The second-order valence-corrected chi connectivity index (χ2v) is 8.13. The monoisotopic (exact) mass is 403 g/mol. The zero-order chi connectivity index (χ0) is 19.7. The maximum atomic E-state index is 12.2. The number of pyridine rings is 1. The number of thiocarbonyl (C=S) groups is 1. The molecule has 8 nitrogen and oxygen atoms in total. The number of rotatable bonds is 5. The number of piperazine rings is 1. The largest absolute Gasteiger partial charge is 0.442 e. The van der Waals surface area contributed by atoms with Crippen LogP contribution in [0.15, 0.2) is 18.3 Å². The van der Waals surface area contributed by atoms with Crippen LogP contribution >= 0.6 is 12.2 Å². The number of nitrogens with one attached hydrogen (secondary N) is 1. The van der Waals surface area contributed by atoms with Crippen molar-refractivity contribution in [3.05, 3.63) is 18.3 Å². The van der Waals surface area contributed by atoms with Crippen LogP contribution in [0.25, 0.3) is 0 Å². The fraction of sp³-hybridized carbons (Fsp3) is 0.579. The zero-order valence-electron chi connectivity index (χ0n) is 16.0. The molecule has 0 radical (unpaired) electrons. The molecule has 4 rings (SSSR count). The van der Waals surface area contributed by atoms with Gasteiger partial charge in [0.2, 0.25) is 5.91 Å². The van der Waals surface area contributed by atoms with Crippen LogP contribution in [0.3, 0.4) is 0 Å². The third kappa shape index (κ3) is 4.19. The Morgan fingerprint density at radius 1 is 1.29 bits per heavy atom. The van der Waals surface area contributed by atoms with E-state index in [1.807, 2.05) is 17.0 Å². The molecule has 1 saturated carbocycles. The molecule has 0 aromatic carbocycles. The van der Waals surface area contributed by atoms with E-state index in [9.17, 15) is 9.59 Å². The van der Waals surface area contributed by atoms with Crippen molar-refractivity contribution in [2.24, 2.45) is 5.92 Å². The number of hydrogen-bond donors (Lipinski definition) is 1. The summed E-state index contributed by atoms with van der Waals surface area (Å²) in [5, 5.41) is 3.03. The second kappa shape index (κ2) is 7.90. The van der Waals surface area contributed by atoms with E-state index in [4.69, 9.17) is 17.0 Å². The molecule has 0 bridgehead atoms. The van der Waals surface area contributed by atoms with Gasteiger partial charge in [-0.25, -0.2) is 9.78 Å². The molecule has 2 saturated heterocycles. The molecule has 0 spiro atoms. The summed E-state index contributed by atoms with van der Waals surface area (Å²) < 4.78 is 5.37. The molecule has 1 N–H and O–H groups in total. The highest BCUT2D eigenvalue weighted by Gasteiger charge is 2.35. The van der Waals surface area contributed by atoms with E-state index >= 15 is 0 Å². The number of anilines is 2. The molecule has 2 aliphatic heterocycles. The minimum absolute atomic E-state index is 0.234. The molecule has 3 aliphatic rings. The van der Waals surface area contributed by atoms with Crippen LogP contribution in [0.2, 0.25) is 0 Å². The van der Waals surface area contributed by atoms with Crippen molar-refractivity contribution in [1.29, 1.82) is 0 Å². The lowest BCUT2D eigenvalue weighted by atomic mass is 10.2. The Kier molecular flexibility index (Phi) is 5.34. The van der Waals surface area contributed by atoms with Crippen LogP contribution in [0, 0.1) is 5.92 Å². The summed E-state index contributed by atoms with van der Waals surface area (Å²) in [5.74, 6) is 1.45. The van der Waals surface area contributed by atoms with Gasteiger partial charge in [-0.2, -0.15) is 0 Å². The molecule has 9 heteroatoms. The van der Waals surface area contributed by atoms with Crippen molar-refractivity contribution < 1.29 is 14.3 Å². The summed E-state index contributed by atoms with van der Waals surface area (Å²) in [7, 11) is 0. The van der Waals surface area contributed by atoms with Gasteiger partial charge >= 0.3 is 6.09 Å². The number of cyclic esters (lactones) is 1. The molecule has 3 heterocycles. The molecule has 28 heavy (non-hydrogen) atoms. The maximum absolute atomic E-state index is 12.2. The standard InChI is InChI=1S/C19H25N5O3S/c1-13(28)20-11-16-12-24(19(26)27-16)15-4-5-17(21-10-15)22-6-8-23(9-7-22)18(25)14-2-3-14/h4-5,10,14,16H,2-3,6-9,11-12H2,1H3,(H,20,28). The second-order valence-electron chi connectivity index (χ2n) is 7.51. The first-order valence-electron chi connectivity index (χ1n) is 9.73. The van der Waals surface area contributed by atoms with E-state index in [0.29, 0.717) is 24.0 Å². The smallest absolute Gasteiger partial charge is 0.414 e. The van der Waals surface area contributed by atoms with Crippen LogP contribution in [0.5, 0.6) is 0 Å². The number of hydrogen-bond acceptors (Lipinski definition) is 6. The summed E-state index contributed by atoms with van der Waals surface area (Å²) in [4.78, 5) is 35.3. The van der Waals surface area contributed by atoms with Gasteiger partial charge in [-0.15, -0.1) is 0 Å². The van der Waals surface area contributed by atoms with Crippen molar-refractivity contribution in [3.63, 3.8) is 0 Å². The predicted octanol–water partition coefficient (Wildman–Crippen LogP) is 1.40. The highest BCUT2D eigenvalue weighted by molar-refractivity contribution is 7.80. The lowest BCUT2D eigenvalue weighted by Gasteiger charge is -2.35. The molecule has 150 valence electrons. The normalized spacial score (nSPS) is 22.2. The predicted molar refractivity (Wildman–Crippen MR) is 110 cm³/mol. The number of ether oxygens (including phenoxy) is 1. The maximum Gasteiger partial charge on any atom is 0.414 e. The van der Waals surface area contributed by atoms with Gasteiger partial charge in [0.25, 0.3) is 0 Å². The van der Waals surface area contributed by atoms with Gasteiger partial charge in [-0.05, 0) is 31.9 Å². The van der Waals surface area contributed by atoms with Crippen LogP contribution in [-0.2, 0) is 9.53 Å². The van der Waals surface area contributed by atoms with Gasteiger partial charge in [-0.3, -0.25) is 9.69 Å². The number of carbonyl (C=O) groups excluding carboxylic acids is 2. The van der Waals surface area contributed by atoms with E-state index < -0.39 is 0 Å². The molecule has 1 unspecified atom stereocenters. The third-order valence-corrected chi connectivity index (χ3v) is 5.48. The molecule has 1 aromatic rings. The highest BCUT2D eigenvalue weighted by atomic mass is 32.1. The number of aromatic nitrogens is 1. The van der Waals surface area contributed by atoms with Gasteiger partial charge in [0.05, 0.1) is 30.0 Å². The Labute approximate surface area is 169 Å². The van der Waals surface area contributed by atoms with Gasteiger partial charge < -0.3 is 19.9 Å². The molecule has 1 atom stereocenters. The quantitative estimate of drug-likeness (QED) is 0.745. The first-order chi connectivity index (χ1) is 13.5. The summed E-state index contributed by atoms with van der Waals surface area (Å²) in [6, 6.07) is 3.82. The van der Waals surface area contributed by atoms with E-state index in [1.165, 1.54) is 0 Å². The van der Waals surface area contributed by atoms with Crippen molar-refractivity contribution in [2.45, 2.75) is 25.9 Å². The summed E-state index contributed by atoms with van der Waals surface area (Å²) in [6.07, 6.45) is 3.20. The van der Waals surface area contributed by atoms with Crippen molar-refractivity contribution in [1.82, 2.24) is 15.2 Å². The fourth-order valence-electron chi connectivity index (χ4n) is 3.57. The Bertz CT molecular complexity index is 759. The Balaban J connectivity index is 1.32. The van der Waals surface area contributed by atoms with E-state index in [0.717, 1.165) is 50.5 Å². The van der Waals surface area contributed by atoms with Gasteiger partial charge in [0.1, 0.15) is 11.9 Å². The van der Waals surface area contributed by atoms with Crippen molar-refractivity contribution >= 4 is 40.7 Å². The fourth-order valence-corrected chi connectivity index (χ4v) is 3.65. The van der Waals surface area contributed by atoms with Crippen molar-refractivity contribution in [3.8, 4) is 0 Å². The molecular formula is C19H25N5O3S. The lowest BCUT2D eigenvalue weighted by molar-refractivity contribution is -0.132. The topological polar surface area (TPSA) is 78.0 Å². The summed E-state index contributed by atoms with van der Waals surface area (Å²) >= 11 is 4.99. The van der Waals surface area contributed by atoms with Crippen LogP contribution < -0.4 is 15.1 Å². The highest BCUT2D eigenvalue weighted by Crippen LogP contribution is 2.31. The number of nitrogens with zero attached hydrogens (tertiary/aromatic N) is 4. The molecule has 1 aliphatic carbocycles. The SMILES string of the molecule is CC(=S)NCC1CN(c2ccc(N3CCN(C(=O)C4CC4)CC3)nc2)C(=O)O1. The van der Waals surface area contributed by atoms with E-state index in [-0.39, 0.29) is 18.1 Å². The Hall–Kier alpha value is -2.42. The number of amides is 2. The third-order valence-electron chi connectivity index (χ3n) is 5.34. The lowest BCUT2D eigenvalue weighted by Crippen LogP contribution is -2.49. The molecular weight excluding hydrogens is 378 g/mol. The Morgan fingerprint density at radius 2 is 2.04 bits per heavy atom. The average Bonchev–Trinajstić information content (AvgIpc) is 3.49. The molecule has 3 fully saturated rings. The first-order valence-corrected chi connectivity index (χ1v) is 10.1.